The van der Waals surface area contributed by atoms with Gasteiger partial charge in [-0.2, -0.15) is 0 Å². The lowest BCUT2D eigenvalue weighted by molar-refractivity contribution is 0.102. The van der Waals surface area contributed by atoms with Crippen molar-refractivity contribution >= 4 is 44.5 Å². The first-order valence-electron chi connectivity index (χ1n) is 9.19. The topological polar surface area (TPSA) is 80.4 Å². The molecule has 1 aromatic carbocycles. The average molecular weight is 463 g/mol. The molecule has 0 spiro atoms. The number of thioether (sulfide) groups is 1. The molecule has 28 heavy (non-hydrogen) atoms. The number of amidine groups is 1. The molecule has 1 fully saturated rings. The highest BCUT2D eigenvalue weighted by atomic mass is 79.9. The highest BCUT2D eigenvalue weighted by Crippen LogP contribution is 2.50. The summed E-state index contributed by atoms with van der Waals surface area (Å²) in [6.07, 6.45) is 5.42. The van der Waals surface area contributed by atoms with Crippen LogP contribution >= 0.6 is 27.7 Å². The summed E-state index contributed by atoms with van der Waals surface area (Å²) >= 11 is 4.87. The van der Waals surface area contributed by atoms with E-state index in [2.05, 4.69) is 26.2 Å². The van der Waals surface area contributed by atoms with E-state index < -0.39 is 5.54 Å². The molecule has 5 nitrogen and oxygen atoms in total. The minimum absolute atomic E-state index is 0.240. The number of hydrogen-bond donors (Lipinski definition) is 2. The Hall–Kier alpha value is -1.93. The number of nitrogens with two attached hydrogens (primary N) is 1. The van der Waals surface area contributed by atoms with Crippen molar-refractivity contribution in [1.29, 1.82) is 0 Å². The summed E-state index contributed by atoms with van der Waals surface area (Å²) in [5.41, 5.74) is 6.69. The zero-order valence-electron chi connectivity index (χ0n) is 15.1. The molecule has 2 heterocycles. The minimum atomic E-state index is -0.649. The molecule has 1 aliphatic heterocycles. The van der Waals surface area contributed by atoms with Gasteiger partial charge in [-0.05, 0) is 65.0 Å². The Labute approximate surface area is 175 Å². The Morgan fingerprint density at radius 2 is 2.21 bits per heavy atom. The van der Waals surface area contributed by atoms with Crippen LogP contribution in [-0.2, 0) is 5.54 Å². The molecule has 1 aromatic heterocycles. The van der Waals surface area contributed by atoms with E-state index in [0.717, 1.165) is 31.4 Å². The molecular weight excluding hydrogens is 443 g/mol. The molecule has 1 amide bonds. The third-order valence-electron chi connectivity index (χ3n) is 5.44. The predicted octanol–water partition coefficient (Wildman–Crippen LogP) is 4.68. The van der Waals surface area contributed by atoms with Gasteiger partial charge in [0.15, 0.2) is 5.17 Å². The van der Waals surface area contributed by atoms with Crippen molar-refractivity contribution in [3.8, 4) is 0 Å². The van der Waals surface area contributed by atoms with E-state index in [1.807, 2.05) is 0 Å². The fraction of sp³-hybridized carbons (Fsp3) is 0.350. The molecule has 2 atom stereocenters. The smallest absolute Gasteiger partial charge is 0.275 e. The standard InChI is InChI=1S/C20H20BrFN4OS/c21-15-5-3-9-24-17(15)18(27)25-13-6-7-16(22)14(10-13)20-8-2-1-4-12(20)11-28-19(23)26-20/h3,5-7,9-10,12H,1-2,4,8,11H2,(H2,23,26)(H,25,27)/t12-,20-/m0/s1. The second-order valence-electron chi connectivity index (χ2n) is 7.11. The number of fused-ring (bicyclic) bond motifs is 1. The Morgan fingerprint density at radius 3 is 3.04 bits per heavy atom. The van der Waals surface area contributed by atoms with Gasteiger partial charge >= 0.3 is 0 Å². The summed E-state index contributed by atoms with van der Waals surface area (Å²) < 4.78 is 15.5. The van der Waals surface area contributed by atoms with Crippen LogP contribution in [0.1, 0.15) is 41.7 Å². The maximum absolute atomic E-state index is 14.9. The van der Waals surface area contributed by atoms with Gasteiger partial charge in [-0.3, -0.25) is 9.79 Å². The number of rotatable bonds is 3. The highest BCUT2D eigenvalue weighted by molar-refractivity contribution is 9.10. The third kappa shape index (κ3) is 3.55. The number of hydrogen-bond acceptors (Lipinski definition) is 5. The number of carbonyl (C=O) groups excluding carboxylic acids is 1. The number of benzene rings is 1. The molecule has 1 aliphatic carbocycles. The van der Waals surface area contributed by atoms with E-state index in [-0.39, 0.29) is 23.3 Å². The van der Waals surface area contributed by atoms with Gasteiger partial charge in [-0.15, -0.1) is 0 Å². The molecule has 146 valence electrons. The van der Waals surface area contributed by atoms with Crippen molar-refractivity contribution in [2.75, 3.05) is 11.1 Å². The summed E-state index contributed by atoms with van der Waals surface area (Å²) in [7, 11) is 0. The van der Waals surface area contributed by atoms with Gasteiger partial charge in [0, 0.05) is 27.7 Å². The fourth-order valence-corrected chi connectivity index (χ4v) is 5.58. The van der Waals surface area contributed by atoms with E-state index in [4.69, 9.17) is 10.7 Å². The normalized spacial score (nSPS) is 24.2. The first-order valence-corrected chi connectivity index (χ1v) is 11.0. The Morgan fingerprint density at radius 1 is 1.36 bits per heavy atom. The third-order valence-corrected chi connectivity index (χ3v) is 7.04. The highest BCUT2D eigenvalue weighted by Gasteiger charge is 2.46. The number of pyridine rings is 1. The monoisotopic (exact) mass is 462 g/mol. The fourth-order valence-electron chi connectivity index (χ4n) is 4.10. The van der Waals surface area contributed by atoms with Gasteiger partial charge in [0.1, 0.15) is 11.5 Å². The van der Waals surface area contributed by atoms with Crippen molar-refractivity contribution in [2.24, 2.45) is 16.6 Å². The molecule has 8 heteroatoms. The number of nitrogens with zero attached hydrogens (tertiary/aromatic N) is 2. The second kappa shape index (κ2) is 7.83. The Kier molecular flexibility index (Phi) is 5.42. The predicted molar refractivity (Wildman–Crippen MR) is 114 cm³/mol. The maximum Gasteiger partial charge on any atom is 0.275 e. The zero-order valence-corrected chi connectivity index (χ0v) is 17.5. The van der Waals surface area contributed by atoms with Gasteiger partial charge in [0.25, 0.3) is 5.91 Å². The van der Waals surface area contributed by atoms with Gasteiger partial charge in [0.2, 0.25) is 0 Å². The van der Waals surface area contributed by atoms with Crippen LogP contribution in [-0.4, -0.2) is 21.8 Å². The molecule has 2 aromatic rings. The van der Waals surface area contributed by atoms with Gasteiger partial charge in [-0.1, -0.05) is 24.6 Å². The minimum Gasteiger partial charge on any atom is -0.379 e. The lowest BCUT2D eigenvalue weighted by Gasteiger charge is -2.44. The van der Waals surface area contributed by atoms with Crippen molar-refractivity contribution in [2.45, 2.75) is 31.2 Å². The van der Waals surface area contributed by atoms with Crippen LogP contribution in [0.5, 0.6) is 0 Å². The zero-order chi connectivity index (χ0) is 19.7. The average Bonchev–Trinajstić information content (AvgIpc) is 2.69. The van der Waals surface area contributed by atoms with Crippen molar-refractivity contribution in [1.82, 2.24) is 4.98 Å². The van der Waals surface area contributed by atoms with Crippen LogP contribution in [0.2, 0.25) is 0 Å². The van der Waals surface area contributed by atoms with Crippen molar-refractivity contribution in [3.63, 3.8) is 0 Å². The van der Waals surface area contributed by atoms with E-state index in [0.29, 0.717) is 20.9 Å². The quantitative estimate of drug-likeness (QED) is 0.693. The summed E-state index contributed by atoms with van der Waals surface area (Å²) in [6.45, 7) is 0. The number of carbonyl (C=O) groups is 1. The Balaban J connectivity index is 1.70. The molecule has 1 saturated carbocycles. The first-order chi connectivity index (χ1) is 13.5. The molecule has 0 radical (unpaired) electrons. The largest absolute Gasteiger partial charge is 0.379 e. The van der Waals surface area contributed by atoms with E-state index >= 15 is 0 Å². The Bertz CT molecular complexity index is 954. The number of halogens is 2. The molecule has 0 bridgehead atoms. The number of aliphatic imine (C=N–C) groups is 1. The molecule has 3 N–H and O–H groups in total. The van der Waals surface area contributed by atoms with Gasteiger partial charge < -0.3 is 11.1 Å². The summed E-state index contributed by atoms with van der Waals surface area (Å²) in [6, 6.07) is 8.15. The summed E-state index contributed by atoms with van der Waals surface area (Å²) in [5.74, 6) is 0.410. The summed E-state index contributed by atoms with van der Waals surface area (Å²) in [4.78, 5) is 21.4. The van der Waals surface area contributed by atoms with Crippen molar-refractivity contribution in [3.05, 3.63) is 58.1 Å². The van der Waals surface area contributed by atoms with Crippen LogP contribution in [0.4, 0.5) is 10.1 Å². The van der Waals surface area contributed by atoms with Crippen LogP contribution in [0, 0.1) is 11.7 Å². The molecule has 2 aliphatic rings. The van der Waals surface area contributed by atoms with Gasteiger partial charge in [0.05, 0.1) is 5.54 Å². The van der Waals surface area contributed by atoms with Crippen LogP contribution in [0.25, 0.3) is 0 Å². The van der Waals surface area contributed by atoms with Gasteiger partial charge in [-0.25, -0.2) is 9.37 Å². The van der Waals surface area contributed by atoms with E-state index in [1.165, 1.54) is 17.8 Å². The molecule has 4 rings (SSSR count). The van der Waals surface area contributed by atoms with E-state index in [9.17, 15) is 9.18 Å². The SMILES string of the molecule is NC1=N[C@@]2(c3cc(NC(=O)c4ncccc4Br)ccc3F)CCCC[C@H]2CS1. The lowest BCUT2D eigenvalue weighted by Crippen LogP contribution is -2.43. The number of aromatic nitrogens is 1. The lowest BCUT2D eigenvalue weighted by atomic mass is 9.69. The van der Waals surface area contributed by atoms with Crippen LogP contribution < -0.4 is 11.1 Å². The van der Waals surface area contributed by atoms with Crippen LogP contribution in [0.15, 0.2) is 46.0 Å². The van der Waals surface area contributed by atoms with Crippen LogP contribution in [0.3, 0.4) is 0 Å². The molecule has 0 unspecified atom stereocenters. The summed E-state index contributed by atoms with van der Waals surface area (Å²) in [5, 5.41) is 3.33. The van der Waals surface area contributed by atoms with E-state index in [1.54, 1.807) is 30.5 Å². The second-order valence-corrected chi connectivity index (χ2v) is 9.01. The maximum atomic E-state index is 14.9. The number of nitrogens with one attached hydrogen (secondary N) is 1. The van der Waals surface area contributed by atoms with Crippen molar-refractivity contribution < 1.29 is 9.18 Å². The molecule has 0 saturated heterocycles. The first kappa shape index (κ1) is 19.4. The number of anilines is 1. The molecular formula is C20H20BrFN4OS. The number of amides is 1.